The number of anilines is 1. The Hall–Kier alpha value is -3.39. The Morgan fingerprint density at radius 1 is 1.12 bits per heavy atom. The number of aromatic nitrogens is 1. The highest BCUT2D eigenvalue weighted by Gasteiger charge is 2.11. The van der Waals surface area contributed by atoms with Crippen molar-refractivity contribution < 1.29 is 9.59 Å². The largest absolute Gasteiger partial charge is 0.337 e. The normalized spacial score (nSPS) is 10.3. The molecule has 0 unspecified atom stereocenters. The van der Waals surface area contributed by atoms with Crippen molar-refractivity contribution in [1.82, 2.24) is 4.57 Å². The average molecular weight is 317 g/mol. The lowest BCUT2D eigenvalue weighted by atomic mass is 10.1. The zero-order valence-corrected chi connectivity index (χ0v) is 13.1. The molecule has 0 atom stereocenters. The van der Waals surface area contributed by atoms with Gasteiger partial charge in [0.05, 0.1) is 5.56 Å². The molecule has 1 heterocycles. The molecule has 0 aliphatic carbocycles. The second kappa shape index (κ2) is 6.39. The Labute approximate surface area is 139 Å². The minimum absolute atomic E-state index is 0.0179. The molecule has 0 bridgehead atoms. The van der Waals surface area contributed by atoms with Gasteiger partial charge in [-0.25, -0.2) is 0 Å². The van der Waals surface area contributed by atoms with Crippen LogP contribution in [0.4, 0.5) is 5.69 Å². The van der Waals surface area contributed by atoms with Crippen molar-refractivity contribution in [2.45, 2.75) is 13.5 Å². The second-order valence-corrected chi connectivity index (χ2v) is 5.48. The van der Waals surface area contributed by atoms with E-state index in [2.05, 4.69) is 11.4 Å². The molecule has 24 heavy (non-hydrogen) atoms. The molecule has 0 aliphatic heterocycles. The third-order valence-electron chi connectivity index (χ3n) is 3.80. The third-order valence-corrected chi connectivity index (χ3v) is 3.80. The molecule has 1 amide bonds. The van der Waals surface area contributed by atoms with Crippen LogP contribution in [-0.2, 0) is 11.3 Å². The summed E-state index contributed by atoms with van der Waals surface area (Å²) < 4.78 is 1.76. The predicted molar refractivity (Wildman–Crippen MR) is 91.7 cm³/mol. The van der Waals surface area contributed by atoms with E-state index < -0.39 is 0 Å². The first-order chi connectivity index (χ1) is 11.6. The van der Waals surface area contributed by atoms with Gasteiger partial charge >= 0.3 is 0 Å². The Kier molecular flexibility index (Phi) is 4.13. The number of hydrogen-bond acceptors (Lipinski definition) is 3. The van der Waals surface area contributed by atoms with Crippen LogP contribution in [0.25, 0.3) is 10.9 Å². The summed E-state index contributed by atoms with van der Waals surface area (Å²) in [5.41, 5.74) is 2.62. The number of para-hydroxylation sites is 1. The van der Waals surface area contributed by atoms with Gasteiger partial charge in [-0.1, -0.05) is 18.2 Å². The number of Topliss-reactive ketones (excluding diaryl/α,β-unsaturated/α-hetero) is 1. The molecule has 118 valence electrons. The third kappa shape index (κ3) is 3.03. The van der Waals surface area contributed by atoms with Crippen molar-refractivity contribution in [2.75, 3.05) is 5.32 Å². The van der Waals surface area contributed by atoms with Crippen LogP contribution in [0.15, 0.2) is 54.7 Å². The van der Waals surface area contributed by atoms with Crippen molar-refractivity contribution in [2.24, 2.45) is 0 Å². The van der Waals surface area contributed by atoms with E-state index in [1.165, 1.54) is 6.92 Å². The van der Waals surface area contributed by atoms with Crippen LogP contribution in [0.1, 0.15) is 22.8 Å². The summed E-state index contributed by atoms with van der Waals surface area (Å²) in [6, 6.07) is 16.4. The number of amides is 1. The number of benzene rings is 2. The predicted octanol–water partition coefficient (Wildman–Crippen LogP) is 3.35. The summed E-state index contributed by atoms with van der Waals surface area (Å²) >= 11 is 0. The lowest BCUT2D eigenvalue weighted by molar-refractivity contribution is -0.116. The molecule has 3 rings (SSSR count). The number of nitrogens with one attached hydrogen (secondary N) is 1. The number of fused-ring (bicyclic) bond motifs is 1. The van der Waals surface area contributed by atoms with E-state index in [-0.39, 0.29) is 18.2 Å². The molecule has 5 nitrogen and oxygen atoms in total. The Bertz CT molecular complexity index is 962. The van der Waals surface area contributed by atoms with Gasteiger partial charge < -0.3 is 9.88 Å². The van der Waals surface area contributed by atoms with Gasteiger partial charge in [0.2, 0.25) is 5.91 Å². The van der Waals surface area contributed by atoms with E-state index >= 15 is 0 Å². The van der Waals surface area contributed by atoms with Crippen LogP contribution in [0.2, 0.25) is 0 Å². The highest BCUT2D eigenvalue weighted by molar-refractivity contribution is 5.96. The van der Waals surface area contributed by atoms with Gasteiger partial charge in [0, 0.05) is 28.4 Å². The van der Waals surface area contributed by atoms with Crippen LogP contribution in [0.3, 0.4) is 0 Å². The Balaban J connectivity index is 1.78. The van der Waals surface area contributed by atoms with Gasteiger partial charge in [-0.15, -0.1) is 0 Å². The zero-order valence-electron chi connectivity index (χ0n) is 13.1. The topological polar surface area (TPSA) is 74.9 Å². The lowest BCUT2D eigenvalue weighted by Crippen LogP contribution is -2.18. The zero-order chi connectivity index (χ0) is 17.1. The molecule has 3 aromatic rings. The lowest BCUT2D eigenvalue weighted by Gasteiger charge is -2.08. The van der Waals surface area contributed by atoms with Crippen LogP contribution >= 0.6 is 0 Å². The molecule has 5 heteroatoms. The van der Waals surface area contributed by atoms with E-state index in [1.54, 1.807) is 35.0 Å². The number of carbonyl (C=O) groups excluding carboxylic acids is 2. The fourth-order valence-corrected chi connectivity index (χ4v) is 2.61. The van der Waals surface area contributed by atoms with Crippen molar-refractivity contribution in [3.8, 4) is 6.07 Å². The van der Waals surface area contributed by atoms with Crippen LogP contribution in [-0.4, -0.2) is 16.3 Å². The quantitative estimate of drug-likeness (QED) is 0.750. The number of nitriles is 1. The van der Waals surface area contributed by atoms with Gasteiger partial charge in [0.15, 0.2) is 5.78 Å². The van der Waals surface area contributed by atoms with Gasteiger partial charge in [-0.2, -0.15) is 5.26 Å². The molecule has 0 spiro atoms. The van der Waals surface area contributed by atoms with E-state index in [0.717, 1.165) is 10.9 Å². The molecule has 1 N–H and O–H groups in total. The SMILES string of the molecule is CC(=O)c1ccc(NC(=O)Cn2cc(C#N)c3ccccc32)cc1. The Morgan fingerprint density at radius 2 is 1.83 bits per heavy atom. The first-order valence-corrected chi connectivity index (χ1v) is 7.47. The summed E-state index contributed by atoms with van der Waals surface area (Å²) in [6.45, 7) is 1.61. The maximum atomic E-state index is 12.3. The number of nitrogens with zero attached hydrogens (tertiary/aromatic N) is 2. The highest BCUT2D eigenvalue weighted by atomic mass is 16.2. The van der Waals surface area contributed by atoms with E-state index in [9.17, 15) is 14.9 Å². The van der Waals surface area contributed by atoms with E-state index in [4.69, 9.17) is 0 Å². The maximum absolute atomic E-state index is 12.3. The fraction of sp³-hybridized carbons (Fsp3) is 0.105. The monoisotopic (exact) mass is 317 g/mol. The number of ketones is 1. The first kappa shape index (κ1) is 15.5. The summed E-state index contributed by atoms with van der Waals surface area (Å²) in [5, 5.41) is 12.8. The summed E-state index contributed by atoms with van der Waals surface area (Å²) in [6.07, 6.45) is 1.68. The molecule has 0 saturated heterocycles. The molecule has 2 aromatic carbocycles. The van der Waals surface area contributed by atoms with Crippen molar-refractivity contribution in [3.63, 3.8) is 0 Å². The molecule has 1 aromatic heterocycles. The fourth-order valence-electron chi connectivity index (χ4n) is 2.61. The first-order valence-electron chi connectivity index (χ1n) is 7.47. The van der Waals surface area contributed by atoms with Gasteiger partial charge in [0.25, 0.3) is 0 Å². The molecule has 0 aliphatic rings. The van der Waals surface area contributed by atoms with Crippen molar-refractivity contribution in [3.05, 3.63) is 65.9 Å². The van der Waals surface area contributed by atoms with E-state index in [1.807, 2.05) is 24.3 Å². The second-order valence-electron chi connectivity index (χ2n) is 5.48. The van der Waals surface area contributed by atoms with Crippen LogP contribution in [0.5, 0.6) is 0 Å². The van der Waals surface area contributed by atoms with Crippen LogP contribution < -0.4 is 5.32 Å². The van der Waals surface area contributed by atoms with Crippen molar-refractivity contribution in [1.29, 1.82) is 5.26 Å². The van der Waals surface area contributed by atoms with Gasteiger partial charge in [0.1, 0.15) is 12.6 Å². The minimum Gasteiger partial charge on any atom is -0.337 e. The Morgan fingerprint density at radius 3 is 2.50 bits per heavy atom. The molecule has 0 radical (unpaired) electrons. The van der Waals surface area contributed by atoms with Gasteiger partial charge in [-0.05, 0) is 37.3 Å². The molecular formula is C19H15N3O2. The average Bonchev–Trinajstić information content (AvgIpc) is 2.93. The summed E-state index contributed by atoms with van der Waals surface area (Å²) in [4.78, 5) is 23.5. The van der Waals surface area contributed by atoms with E-state index in [0.29, 0.717) is 16.8 Å². The number of hydrogen-bond donors (Lipinski definition) is 1. The minimum atomic E-state index is -0.198. The number of carbonyl (C=O) groups is 2. The maximum Gasteiger partial charge on any atom is 0.244 e. The van der Waals surface area contributed by atoms with Crippen LogP contribution in [0, 0.1) is 11.3 Å². The molecule has 0 fully saturated rings. The van der Waals surface area contributed by atoms with Crippen molar-refractivity contribution >= 4 is 28.3 Å². The smallest absolute Gasteiger partial charge is 0.244 e. The number of rotatable bonds is 4. The highest BCUT2D eigenvalue weighted by Crippen LogP contribution is 2.20. The van der Waals surface area contributed by atoms with Gasteiger partial charge in [-0.3, -0.25) is 9.59 Å². The molecule has 0 saturated carbocycles. The standard InChI is InChI=1S/C19H15N3O2/c1-13(23)14-6-8-16(9-7-14)21-19(24)12-22-11-15(10-20)17-4-2-3-5-18(17)22/h2-9,11H,12H2,1H3,(H,21,24). The summed E-state index contributed by atoms with van der Waals surface area (Å²) in [5.74, 6) is -0.216. The molecular weight excluding hydrogens is 302 g/mol. The summed E-state index contributed by atoms with van der Waals surface area (Å²) in [7, 11) is 0.